The summed E-state index contributed by atoms with van der Waals surface area (Å²) >= 11 is 0. The van der Waals surface area contributed by atoms with Gasteiger partial charge in [-0.2, -0.15) is 13.2 Å². The van der Waals surface area contributed by atoms with Crippen molar-refractivity contribution in [3.8, 4) is 5.75 Å². The molecule has 1 amide bonds. The second kappa shape index (κ2) is 10.3. The van der Waals surface area contributed by atoms with Crippen LogP contribution in [0.1, 0.15) is 50.0 Å². The first-order valence-corrected chi connectivity index (χ1v) is 10.1. The Morgan fingerprint density at radius 1 is 1.12 bits per heavy atom. The molecule has 10 heteroatoms. The maximum Gasteiger partial charge on any atom is 0.419 e. The molecule has 1 aromatic heterocycles. The number of pyridine rings is 1. The van der Waals surface area contributed by atoms with Gasteiger partial charge < -0.3 is 15.2 Å². The summed E-state index contributed by atoms with van der Waals surface area (Å²) < 4.78 is 53.3. The summed E-state index contributed by atoms with van der Waals surface area (Å²) in [5.74, 6) is -1.81. The van der Waals surface area contributed by atoms with E-state index in [1.54, 1.807) is 25.3 Å². The fourth-order valence-corrected chi connectivity index (χ4v) is 3.33. The molecule has 34 heavy (non-hydrogen) atoms. The van der Waals surface area contributed by atoms with Crippen molar-refractivity contribution in [1.82, 2.24) is 10.3 Å². The van der Waals surface area contributed by atoms with Gasteiger partial charge in [0.15, 0.2) is 0 Å². The highest BCUT2D eigenvalue weighted by atomic mass is 19.4. The maximum atomic E-state index is 12.4. The van der Waals surface area contributed by atoms with E-state index in [1.807, 2.05) is 6.07 Å². The minimum absolute atomic E-state index is 0.194. The number of carbonyl (C=O) groups is 2. The molecule has 178 valence electrons. The number of hydrogen-bond acceptors (Lipinski definition) is 4. The Hall–Kier alpha value is -3.95. The molecule has 1 atom stereocenters. The van der Waals surface area contributed by atoms with Gasteiger partial charge in [0.1, 0.15) is 17.3 Å². The lowest BCUT2D eigenvalue weighted by atomic mass is 10.0. The molecule has 0 aliphatic carbocycles. The van der Waals surface area contributed by atoms with Crippen LogP contribution in [-0.2, 0) is 6.18 Å². The normalized spacial score (nSPS) is 14.7. The average Bonchev–Trinajstić information content (AvgIpc) is 2.79. The van der Waals surface area contributed by atoms with E-state index in [9.17, 15) is 27.2 Å². The van der Waals surface area contributed by atoms with Crippen LogP contribution in [0.4, 0.5) is 17.6 Å². The molecule has 0 spiro atoms. The SMILES string of the molecule is Cc1cc(C(=O)NC2CCOc3cccnc32)ccc1C(=O)O.Fc1ccccc1C(F)(F)F. The first kappa shape index (κ1) is 24.7. The topological polar surface area (TPSA) is 88.5 Å². The first-order chi connectivity index (χ1) is 16.1. The highest BCUT2D eigenvalue weighted by Crippen LogP contribution is 2.31. The van der Waals surface area contributed by atoms with Crippen molar-refractivity contribution in [3.63, 3.8) is 0 Å². The van der Waals surface area contributed by atoms with Crippen molar-refractivity contribution < 1.29 is 37.0 Å². The Labute approximate surface area is 192 Å². The molecule has 1 aliphatic rings. The molecule has 2 aromatic carbocycles. The Morgan fingerprint density at radius 2 is 1.85 bits per heavy atom. The van der Waals surface area contributed by atoms with Gasteiger partial charge >= 0.3 is 12.1 Å². The van der Waals surface area contributed by atoms with E-state index in [0.29, 0.717) is 41.7 Å². The number of carbonyl (C=O) groups excluding carboxylic acids is 1. The van der Waals surface area contributed by atoms with Crippen LogP contribution in [-0.4, -0.2) is 28.6 Å². The summed E-state index contributed by atoms with van der Waals surface area (Å²) in [6.07, 6.45) is -2.29. The number of aryl methyl sites for hydroxylation is 1. The molecule has 0 radical (unpaired) electrons. The van der Waals surface area contributed by atoms with Crippen molar-refractivity contribution in [2.45, 2.75) is 25.6 Å². The van der Waals surface area contributed by atoms with E-state index in [4.69, 9.17) is 9.84 Å². The van der Waals surface area contributed by atoms with Crippen LogP contribution >= 0.6 is 0 Å². The van der Waals surface area contributed by atoms with E-state index in [2.05, 4.69) is 10.3 Å². The third-order valence-corrected chi connectivity index (χ3v) is 5.00. The van der Waals surface area contributed by atoms with Gasteiger partial charge in [0, 0.05) is 18.2 Å². The highest BCUT2D eigenvalue weighted by Gasteiger charge is 2.33. The van der Waals surface area contributed by atoms with Crippen molar-refractivity contribution >= 4 is 11.9 Å². The number of fused-ring (bicyclic) bond motifs is 1. The van der Waals surface area contributed by atoms with Gasteiger partial charge in [0.25, 0.3) is 5.91 Å². The van der Waals surface area contributed by atoms with Gasteiger partial charge in [-0.15, -0.1) is 0 Å². The summed E-state index contributed by atoms with van der Waals surface area (Å²) in [7, 11) is 0. The zero-order chi connectivity index (χ0) is 24.9. The van der Waals surface area contributed by atoms with Gasteiger partial charge in [-0.3, -0.25) is 9.78 Å². The van der Waals surface area contributed by atoms with E-state index in [-0.39, 0.29) is 17.5 Å². The monoisotopic (exact) mass is 476 g/mol. The number of nitrogens with zero attached hydrogens (tertiary/aromatic N) is 1. The fourth-order valence-electron chi connectivity index (χ4n) is 3.33. The van der Waals surface area contributed by atoms with E-state index in [1.165, 1.54) is 18.2 Å². The number of rotatable bonds is 3. The van der Waals surface area contributed by atoms with Gasteiger partial charge in [-0.1, -0.05) is 12.1 Å². The largest absolute Gasteiger partial charge is 0.491 e. The number of carboxylic acid groups (broad SMARTS) is 1. The summed E-state index contributed by atoms with van der Waals surface area (Å²) in [6, 6.07) is 11.8. The summed E-state index contributed by atoms with van der Waals surface area (Å²) in [5.41, 5.74) is 0.665. The predicted octanol–water partition coefficient (Wildman–Crippen LogP) is 5.19. The van der Waals surface area contributed by atoms with Crippen LogP contribution in [0.5, 0.6) is 5.75 Å². The van der Waals surface area contributed by atoms with Gasteiger partial charge in [-0.05, 0) is 55.0 Å². The average molecular weight is 476 g/mol. The Bertz CT molecular complexity index is 1200. The lowest BCUT2D eigenvalue weighted by molar-refractivity contribution is -0.140. The number of carboxylic acids is 1. The summed E-state index contributed by atoms with van der Waals surface area (Å²) in [5, 5.41) is 12.0. The molecule has 0 fully saturated rings. The Balaban J connectivity index is 0.000000248. The standard InChI is InChI=1S/C17H16N2O4.C7H4F4/c1-10-9-11(4-5-12(10)17(21)22)16(20)19-13-6-8-23-14-3-2-7-18-15(13)14;8-6-4-2-1-3-5(6)7(9,10)11/h2-5,7,9,13H,6,8H2,1H3,(H,19,20)(H,21,22);1-4H. The second-order valence-corrected chi connectivity index (χ2v) is 7.36. The van der Waals surface area contributed by atoms with Crippen molar-refractivity contribution in [1.29, 1.82) is 0 Å². The number of aromatic carboxylic acids is 1. The number of halogens is 4. The molecule has 2 heterocycles. The Kier molecular flexibility index (Phi) is 7.50. The number of ether oxygens (including phenoxy) is 1. The number of aromatic nitrogens is 1. The molecule has 3 aromatic rings. The molecule has 4 rings (SSSR count). The lowest BCUT2D eigenvalue weighted by Gasteiger charge is -2.25. The number of benzene rings is 2. The minimum Gasteiger partial charge on any atom is -0.491 e. The van der Waals surface area contributed by atoms with E-state index < -0.39 is 23.5 Å². The van der Waals surface area contributed by atoms with Crippen molar-refractivity contribution in [2.75, 3.05) is 6.61 Å². The number of hydrogen-bond donors (Lipinski definition) is 2. The van der Waals surface area contributed by atoms with E-state index in [0.717, 1.165) is 12.1 Å². The van der Waals surface area contributed by atoms with Crippen molar-refractivity contribution in [3.05, 3.63) is 94.6 Å². The molecule has 1 aliphatic heterocycles. The fraction of sp³-hybridized carbons (Fsp3) is 0.208. The van der Waals surface area contributed by atoms with Gasteiger partial charge in [-0.25, -0.2) is 9.18 Å². The Morgan fingerprint density at radius 3 is 2.47 bits per heavy atom. The van der Waals surface area contributed by atoms with Crippen LogP contribution < -0.4 is 10.1 Å². The smallest absolute Gasteiger partial charge is 0.419 e. The molecule has 0 saturated heterocycles. The van der Waals surface area contributed by atoms with Crippen LogP contribution in [0.15, 0.2) is 60.8 Å². The molecule has 6 nitrogen and oxygen atoms in total. The van der Waals surface area contributed by atoms with Crippen molar-refractivity contribution in [2.24, 2.45) is 0 Å². The van der Waals surface area contributed by atoms with Crippen LogP contribution in [0, 0.1) is 12.7 Å². The molecule has 0 saturated carbocycles. The van der Waals surface area contributed by atoms with Crippen LogP contribution in [0.2, 0.25) is 0 Å². The number of alkyl halides is 3. The molecular weight excluding hydrogens is 456 g/mol. The second-order valence-electron chi connectivity index (χ2n) is 7.36. The highest BCUT2D eigenvalue weighted by molar-refractivity contribution is 5.97. The molecule has 0 bridgehead atoms. The first-order valence-electron chi connectivity index (χ1n) is 10.1. The van der Waals surface area contributed by atoms with Gasteiger partial charge in [0.05, 0.1) is 23.8 Å². The number of amides is 1. The van der Waals surface area contributed by atoms with Crippen LogP contribution in [0.25, 0.3) is 0 Å². The van der Waals surface area contributed by atoms with Gasteiger partial charge in [0.2, 0.25) is 0 Å². The molecule has 1 unspecified atom stereocenters. The quantitative estimate of drug-likeness (QED) is 0.508. The number of nitrogens with one attached hydrogen (secondary N) is 1. The van der Waals surface area contributed by atoms with Crippen LogP contribution in [0.3, 0.4) is 0 Å². The summed E-state index contributed by atoms with van der Waals surface area (Å²) in [6.45, 7) is 2.19. The zero-order valence-electron chi connectivity index (χ0n) is 17.9. The third kappa shape index (κ3) is 5.89. The molecular formula is C24H20F4N2O4. The van der Waals surface area contributed by atoms with E-state index >= 15 is 0 Å². The summed E-state index contributed by atoms with van der Waals surface area (Å²) in [4.78, 5) is 27.7. The predicted molar refractivity (Wildman–Crippen MR) is 114 cm³/mol. The third-order valence-electron chi connectivity index (χ3n) is 5.00. The molecule has 2 N–H and O–H groups in total. The maximum absolute atomic E-state index is 12.4. The lowest BCUT2D eigenvalue weighted by Crippen LogP contribution is -2.32. The minimum atomic E-state index is -4.59. The zero-order valence-corrected chi connectivity index (χ0v) is 17.9.